The molecule has 1 saturated heterocycles. The van der Waals surface area contributed by atoms with Gasteiger partial charge >= 0.3 is 0 Å². The third-order valence-corrected chi connectivity index (χ3v) is 4.59. The summed E-state index contributed by atoms with van der Waals surface area (Å²) in [6.07, 6.45) is 0.445. The maximum atomic E-state index is 10.9. The number of carbonyl (C=O) groups is 1. The van der Waals surface area contributed by atoms with Gasteiger partial charge in [-0.2, -0.15) is 0 Å². The molecule has 0 bridgehead atoms. The maximum Gasteiger partial charge on any atom is 0.0804 e. The van der Waals surface area contributed by atoms with Crippen LogP contribution in [0.3, 0.4) is 0 Å². The Morgan fingerprint density at radius 2 is 2.12 bits per heavy atom. The van der Waals surface area contributed by atoms with Crippen LogP contribution in [0, 0.1) is 0 Å². The summed E-state index contributed by atoms with van der Waals surface area (Å²) in [4.78, 5) is 10.9. The molecule has 1 N–H and O–H groups in total. The molecule has 4 heteroatoms. The van der Waals surface area contributed by atoms with E-state index >= 15 is 0 Å². The molecule has 2 rings (SSSR count). The standard InChI is InChI=1S/C12H14O3S/c1-12(15)7-9(16-10(12)11(13)14)8-5-3-2-4-6-8/h2-6,9-10,15H,7H2,1H3,(H,13,14)/p-1/t9-,10+,12-/m0/s1. The van der Waals surface area contributed by atoms with E-state index in [0.29, 0.717) is 6.42 Å². The number of rotatable bonds is 2. The number of thioether (sulfide) groups is 1. The average Bonchev–Trinajstić information content (AvgIpc) is 2.56. The topological polar surface area (TPSA) is 60.4 Å². The van der Waals surface area contributed by atoms with Crippen LogP contribution in [0.25, 0.3) is 0 Å². The minimum Gasteiger partial charge on any atom is -0.549 e. The average molecular weight is 237 g/mol. The van der Waals surface area contributed by atoms with Crippen molar-refractivity contribution in [1.29, 1.82) is 0 Å². The fourth-order valence-corrected chi connectivity index (χ4v) is 3.59. The summed E-state index contributed by atoms with van der Waals surface area (Å²) in [5, 5.41) is 20.1. The first-order valence-corrected chi connectivity index (χ1v) is 6.08. The van der Waals surface area contributed by atoms with Crippen LogP contribution in [0.4, 0.5) is 0 Å². The van der Waals surface area contributed by atoms with Gasteiger partial charge in [-0.1, -0.05) is 30.3 Å². The highest BCUT2D eigenvalue weighted by Gasteiger charge is 2.44. The first-order valence-electron chi connectivity index (χ1n) is 5.14. The number of hydrogen-bond acceptors (Lipinski definition) is 4. The molecule has 0 unspecified atom stereocenters. The van der Waals surface area contributed by atoms with Crippen LogP contribution in [0.5, 0.6) is 0 Å². The van der Waals surface area contributed by atoms with E-state index in [1.807, 2.05) is 30.3 Å². The Morgan fingerprint density at radius 1 is 1.50 bits per heavy atom. The molecule has 0 radical (unpaired) electrons. The van der Waals surface area contributed by atoms with Crippen molar-refractivity contribution < 1.29 is 15.0 Å². The number of aliphatic carboxylic acids is 1. The molecule has 3 nitrogen and oxygen atoms in total. The Kier molecular flexibility index (Phi) is 2.95. The van der Waals surface area contributed by atoms with E-state index in [2.05, 4.69) is 0 Å². The molecule has 1 aliphatic rings. The van der Waals surface area contributed by atoms with Crippen molar-refractivity contribution in [2.24, 2.45) is 0 Å². The smallest absolute Gasteiger partial charge is 0.0804 e. The number of carboxylic acid groups (broad SMARTS) is 1. The summed E-state index contributed by atoms with van der Waals surface area (Å²) in [5.74, 6) is -1.19. The van der Waals surface area contributed by atoms with Crippen molar-refractivity contribution in [2.45, 2.75) is 29.4 Å². The van der Waals surface area contributed by atoms with E-state index in [4.69, 9.17) is 0 Å². The van der Waals surface area contributed by atoms with Gasteiger partial charge in [-0.25, -0.2) is 0 Å². The Labute approximate surface area is 98.5 Å². The lowest BCUT2D eigenvalue weighted by Crippen LogP contribution is -2.45. The van der Waals surface area contributed by atoms with Crippen LogP contribution in [-0.4, -0.2) is 21.9 Å². The summed E-state index contributed by atoms with van der Waals surface area (Å²) in [6, 6.07) is 9.64. The van der Waals surface area contributed by atoms with Gasteiger partial charge in [0.2, 0.25) is 0 Å². The quantitative estimate of drug-likeness (QED) is 0.824. The molecular weight excluding hydrogens is 224 g/mol. The van der Waals surface area contributed by atoms with Gasteiger partial charge in [-0.3, -0.25) is 0 Å². The molecule has 0 saturated carbocycles. The lowest BCUT2D eigenvalue weighted by molar-refractivity contribution is -0.307. The summed E-state index contributed by atoms with van der Waals surface area (Å²) in [7, 11) is 0. The molecule has 0 spiro atoms. The van der Waals surface area contributed by atoms with Gasteiger partial charge in [0.25, 0.3) is 0 Å². The highest BCUT2D eigenvalue weighted by Crippen LogP contribution is 2.49. The molecule has 1 aromatic rings. The van der Waals surface area contributed by atoms with Gasteiger partial charge in [0, 0.05) is 5.25 Å². The van der Waals surface area contributed by atoms with Gasteiger partial charge in [-0.15, -0.1) is 11.8 Å². The first-order chi connectivity index (χ1) is 7.50. The molecule has 0 aromatic heterocycles. The second-order valence-corrected chi connectivity index (χ2v) is 5.61. The van der Waals surface area contributed by atoms with E-state index in [0.717, 1.165) is 5.56 Å². The van der Waals surface area contributed by atoms with Crippen LogP contribution in [0.1, 0.15) is 24.2 Å². The Bertz CT molecular complexity index is 389. The fourth-order valence-electron chi connectivity index (χ4n) is 2.01. The Hall–Kier alpha value is -1.00. The Morgan fingerprint density at radius 3 is 2.62 bits per heavy atom. The van der Waals surface area contributed by atoms with Crippen LogP contribution in [0.15, 0.2) is 30.3 Å². The molecule has 3 atom stereocenters. The number of hydrogen-bond donors (Lipinski definition) is 1. The highest BCUT2D eigenvalue weighted by molar-refractivity contribution is 8.01. The van der Waals surface area contributed by atoms with Crippen molar-refractivity contribution in [3.05, 3.63) is 35.9 Å². The normalized spacial score (nSPS) is 33.9. The monoisotopic (exact) mass is 237 g/mol. The fraction of sp³-hybridized carbons (Fsp3) is 0.417. The third kappa shape index (κ3) is 2.08. The zero-order valence-electron chi connectivity index (χ0n) is 8.92. The molecule has 0 amide bonds. The first kappa shape index (κ1) is 11.5. The second-order valence-electron chi connectivity index (χ2n) is 4.30. The lowest BCUT2D eigenvalue weighted by atomic mass is 9.94. The molecule has 1 aliphatic heterocycles. The van der Waals surface area contributed by atoms with E-state index in [1.54, 1.807) is 6.92 Å². The molecule has 1 heterocycles. The summed E-state index contributed by atoms with van der Waals surface area (Å²) >= 11 is 1.27. The van der Waals surface area contributed by atoms with E-state index < -0.39 is 16.8 Å². The molecule has 16 heavy (non-hydrogen) atoms. The Balaban J connectivity index is 2.21. The molecular formula is C12H13O3S-. The number of carboxylic acids is 1. The zero-order valence-corrected chi connectivity index (χ0v) is 9.74. The molecule has 1 aromatic carbocycles. The maximum absolute atomic E-state index is 10.9. The highest BCUT2D eigenvalue weighted by atomic mass is 32.2. The summed E-state index contributed by atoms with van der Waals surface area (Å²) in [5.41, 5.74) is -0.138. The predicted octanol–water partition coefficient (Wildman–Crippen LogP) is 0.734. The number of aliphatic hydroxyl groups is 1. The molecule has 86 valence electrons. The van der Waals surface area contributed by atoms with Crippen LogP contribution < -0.4 is 5.11 Å². The zero-order chi connectivity index (χ0) is 11.8. The summed E-state index contributed by atoms with van der Waals surface area (Å²) < 4.78 is 0. The lowest BCUT2D eigenvalue weighted by Gasteiger charge is -2.24. The molecule has 0 aliphatic carbocycles. The van der Waals surface area contributed by atoms with Crippen molar-refractivity contribution in [2.75, 3.05) is 0 Å². The van der Waals surface area contributed by atoms with Gasteiger partial charge in [0.1, 0.15) is 0 Å². The van der Waals surface area contributed by atoms with E-state index in [9.17, 15) is 15.0 Å². The number of carbonyl (C=O) groups excluding carboxylic acids is 1. The second kappa shape index (κ2) is 4.11. The van der Waals surface area contributed by atoms with E-state index in [1.165, 1.54) is 11.8 Å². The SMILES string of the molecule is C[C@]1(O)C[C@@H](c2ccccc2)S[C@@H]1C(=O)[O-]. The van der Waals surface area contributed by atoms with Crippen LogP contribution in [0.2, 0.25) is 0 Å². The third-order valence-electron chi connectivity index (χ3n) is 2.85. The van der Waals surface area contributed by atoms with Gasteiger partial charge < -0.3 is 15.0 Å². The van der Waals surface area contributed by atoms with Crippen molar-refractivity contribution in [3.8, 4) is 0 Å². The van der Waals surface area contributed by atoms with Crippen molar-refractivity contribution >= 4 is 17.7 Å². The largest absolute Gasteiger partial charge is 0.549 e. The van der Waals surface area contributed by atoms with Crippen LogP contribution >= 0.6 is 11.8 Å². The minimum atomic E-state index is -1.19. The predicted molar refractivity (Wildman–Crippen MR) is 60.8 cm³/mol. The van der Waals surface area contributed by atoms with Crippen LogP contribution in [-0.2, 0) is 4.79 Å². The van der Waals surface area contributed by atoms with Gasteiger partial charge in [0.15, 0.2) is 0 Å². The van der Waals surface area contributed by atoms with Crippen molar-refractivity contribution in [1.82, 2.24) is 0 Å². The molecule has 1 fully saturated rings. The summed E-state index contributed by atoms with van der Waals surface area (Å²) in [6.45, 7) is 1.56. The number of benzene rings is 1. The van der Waals surface area contributed by atoms with E-state index in [-0.39, 0.29) is 5.25 Å². The van der Waals surface area contributed by atoms with Gasteiger partial charge in [-0.05, 0) is 18.9 Å². The minimum absolute atomic E-state index is 0.0269. The van der Waals surface area contributed by atoms with Crippen molar-refractivity contribution in [3.63, 3.8) is 0 Å². The van der Waals surface area contributed by atoms with Gasteiger partial charge in [0.05, 0.1) is 16.8 Å².